The first-order valence-corrected chi connectivity index (χ1v) is 6.01. The highest BCUT2D eigenvalue weighted by Crippen LogP contribution is 2.16. The number of amides is 1. The van der Waals surface area contributed by atoms with Gasteiger partial charge >= 0.3 is 5.97 Å². The van der Waals surface area contributed by atoms with Crippen LogP contribution in [0.15, 0.2) is 28.7 Å². The molecule has 0 aromatic heterocycles. The molecule has 2 N–H and O–H groups in total. The van der Waals surface area contributed by atoms with E-state index in [-0.39, 0.29) is 5.92 Å². The molecule has 0 aliphatic heterocycles. The monoisotopic (exact) mass is 299 g/mol. The molecule has 0 fully saturated rings. The largest absolute Gasteiger partial charge is 0.480 e. The van der Waals surface area contributed by atoms with Crippen molar-refractivity contribution < 1.29 is 14.7 Å². The molecule has 0 saturated heterocycles. The van der Waals surface area contributed by atoms with Gasteiger partial charge in [-0.15, -0.1) is 0 Å². The van der Waals surface area contributed by atoms with Gasteiger partial charge in [0.2, 0.25) is 0 Å². The van der Waals surface area contributed by atoms with Crippen molar-refractivity contribution in [3.63, 3.8) is 0 Å². The second-order valence-electron chi connectivity index (χ2n) is 4.01. The lowest BCUT2D eigenvalue weighted by atomic mass is 10.0. The Morgan fingerprint density at radius 1 is 1.29 bits per heavy atom. The molecule has 1 atom stereocenters. The molecule has 4 nitrogen and oxygen atoms in total. The second-order valence-corrected chi connectivity index (χ2v) is 4.87. The lowest BCUT2D eigenvalue weighted by Gasteiger charge is -2.18. The van der Waals surface area contributed by atoms with Crippen molar-refractivity contribution in [3.8, 4) is 0 Å². The minimum Gasteiger partial charge on any atom is -0.480 e. The maximum absolute atomic E-state index is 11.9. The summed E-state index contributed by atoms with van der Waals surface area (Å²) in [5.41, 5.74) is 0.430. The van der Waals surface area contributed by atoms with Crippen LogP contribution in [-0.2, 0) is 4.79 Å². The molecule has 0 radical (unpaired) electrons. The van der Waals surface area contributed by atoms with E-state index in [0.29, 0.717) is 10.0 Å². The number of aliphatic carboxylic acids is 1. The molecule has 92 valence electrons. The normalized spacial score (nSPS) is 12.2. The van der Waals surface area contributed by atoms with E-state index in [1.54, 1.807) is 38.1 Å². The number of nitrogens with one attached hydrogen (secondary N) is 1. The lowest BCUT2D eigenvalue weighted by molar-refractivity contribution is -0.140. The number of carboxylic acid groups (broad SMARTS) is 1. The average Bonchev–Trinajstić information content (AvgIpc) is 2.25. The molecule has 0 aliphatic rings. The van der Waals surface area contributed by atoms with Crippen molar-refractivity contribution in [3.05, 3.63) is 34.3 Å². The van der Waals surface area contributed by atoms with E-state index in [2.05, 4.69) is 21.2 Å². The number of carbonyl (C=O) groups excluding carboxylic acids is 1. The highest BCUT2D eigenvalue weighted by Gasteiger charge is 2.24. The van der Waals surface area contributed by atoms with E-state index < -0.39 is 17.9 Å². The Kier molecular flexibility index (Phi) is 4.69. The number of carboxylic acids is 1. The van der Waals surface area contributed by atoms with Crippen molar-refractivity contribution in [1.82, 2.24) is 5.32 Å². The summed E-state index contributed by atoms with van der Waals surface area (Å²) in [5, 5.41) is 11.5. The molecule has 1 aromatic rings. The van der Waals surface area contributed by atoms with Crippen molar-refractivity contribution in [1.29, 1.82) is 0 Å². The van der Waals surface area contributed by atoms with Crippen LogP contribution >= 0.6 is 15.9 Å². The Hall–Kier alpha value is -1.36. The number of hydrogen-bond acceptors (Lipinski definition) is 2. The van der Waals surface area contributed by atoms with Crippen LogP contribution in [-0.4, -0.2) is 23.0 Å². The van der Waals surface area contributed by atoms with Crippen molar-refractivity contribution in [2.24, 2.45) is 5.92 Å². The number of benzene rings is 1. The number of rotatable bonds is 4. The van der Waals surface area contributed by atoms with Gasteiger partial charge in [-0.3, -0.25) is 4.79 Å². The summed E-state index contributed by atoms with van der Waals surface area (Å²) < 4.78 is 0.644. The maximum Gasteiger partial charge on any atom is 0.326 e. The number of hydrogen-bond donors (Lipinski definition) is 2. The smallest absolute Gasteiger partial charge is 0.326 e. The third-order valence-corrected chi connectivity index (χ3v) is 3.03. The molecule has 1 amide bonds. The third-order valence-electron chi connectivity index (χ3n) is 2.34. The Balaban J connectivity index is 2.85. The SMILES string of the molecule is CC(C)C(NC(=O)c1ccccc1Br)C(=O)O. The van der Waals surface area contributed by atoms with Crippen LogP contribution in [0.1, 0.15) is 24.2 Å². The van der Waals surface area contributed by atoms with Gasteiger partial charge in [0.05, 0.1) is 5.56 Å². The summed E-state index contributed by atoms with van der Waals surface area (Å²) in [4.78, 5) is 22.8. The van der Waals surface area contributed by atoms with E-state index in [9.17, 15) is 9.59 Å². The van der Waals surface area contributed by atoms with Crippen LogP contribution in [0.5, 0.6) is 0 Å². The molecule has 1 aromatic carbocycles. The predicted molar refractivity (Wildman–Crippen MR) is 67.9 cm³/mol. The topological polar surface area (TPSA) is 66.4 Å². The molecule has 17 heavy (non-hydrogen) atoms. The van der Waals surface area contributed by atoms with Crippen LogP contribution in [0.25, 0.3) is 0 Å². The fourth-order valence-electron chi connectivity index (χ4n) is 1.38. The van der Waals surface area contributed by atoms with Gasteiger partial charge in [0.1, 0.15) is 6.04 Å². The Morgan fingerprint density at radius 3 is 2.35 bits per heavy atom. The van der Waals surface area contributed by atoms with Crippen molar-refractivity contribution in [2.75, 3.05) is 0 Å². The summed E-state index contributed by atoms with van der Waals surface area (Å²) >= 11 is 3.25. The second kappa shape index (κ2) is 5.82. The molecule has 0 saturated carbocycles. The van der Waals surface area contributed by atoms with E-state index in [1.807, 2.05) is 0 Å². The number of carbonyl (C=O) groups is 2. The number of halogens is 1. The fourth-order valence-corrected chi connectivity index (χ4v) is 1.84. The third kappa shape index (κ3) is 3.56. The summed E-state index contributed by atoms with van der Waals surface area (Å²) in [6.45, 7) is 3.50. The van der Waals surface area contributed by atoms with Gasteiger partial charge in [-0.25, -0.2) is 4.79 Å². The zero-order valence-electron chi connectivity index (χ0n) is 9.61. The first kappa shape index (κ1) is 13.7. The highest BCUT2D eigenvalue weighted by atomic mass is 79.9. The van der Waals surface area contributed by atoms with Crippen LogP contribution in [0.3, 0.4) is 0 Å². The van der Waals surface area contributed by atoms with Gasteiger partial charge in [-0.2, -0.15) is 0 Å². The summed E-state index contributed by atoms with van der Waals surface area (Å²) in [7, 11) is 0. The van der Waals surface area contributed by atoms with Gasteiger partial charge in [-0.05, 0) is 34.0 Å². The first-order valence-electron chi connectivity index (χ1n) is 5.21. The molecule has 0 aliphatic carbocycles. The van der Waals surface area contributed by atoms with Crippen LogP contribution in [0.2, 0.25) is 0 Å². The zero-order valence-corrected chi connectivity index (χ0v) is 11.2. The highest BCUT2D eigenvalue weighted by molar-refractivity contribution is 9.10. The van der Waals surface area contributed by atoms with Gasteiger partial charge in [-0.1, -0.05) is 26.0 Å². The van der Waals surface area contributed by atoms with Gasteiger partial charge in [0.25, 0.3) is 5.91 Å². The minimum absolute atomic E-state index is 0.168. The standard InChI is InChI=1S/C12H14BrNO3/c1-7(2)10(12(16)17)14-11(15)8-5-3-4-6-9(8)13/h3-7,10H,1-2H3,(H,14,15)(H,16,17). The Labute approximate surface area is 108 Å². The summed E-state index contributed by atoms with van der Waals surface area (Å²) in [6, 6.07) is 6.01. The van der Waals surface area contributed by atoms with E-state index >= 15 is 0 Å². The van der Waals surface area contributed by atoms with Gasteiger partial charge in [0.15, 0.2) is 0 Å². The molecule has 1 rings (SSSR count). The average molecular weight is 300 g/mol. The summed E-state index contributed by atoms with van der Waals surface area (Å²) in [5.74, 6) is -1.59. The predicted octanol–water partition coefficient (Wildman–Crippen LogP) is 2.29. The molecule has 0 heterocycles. The van der Waals surface area contributed by atoms with E-state index in [0.717, 1.165) is 0 Å². The molecule has 0 bridgehead atoms. The van der Waals surface area contributed by atoms with E-state index in [4.69, 9.17) is 5.11 Å². The van der Waals surface area contributed by atoms with Gasteiger partial charge < -0.3 is 10.4 Å². The minimum atomic E-state index is -1.03. The van der Waals surface area contributed by atoms with Crippen LogP contribution < -0.4 is 5.32 Å². The molecule has 5 heteroatoms. The van der Waals surface area contributed by atoms with Crippen molar-refractivity contribution in [2.45, 2.75) is 19.9 Å². The molecular weight excluding hydrogens is 286 g/mol. The van der Waals surface area contributed by atoms with Crippen LogP contribution in [0.4, 0.5) is 0 Å². The summed E-state index contributed by atoms with van der Waals surface area (Å²) in [6.07, 6.45) is 0. The quantitative estimate of drug-likeness (QED) is 0.896. The fraction of sp³-hybridized carbons (Fsp3) is 0.333. The maximum atomic E-state index is 11.9. The van der Waals surface area contributed by atoms with Crippen LogP contribution in [0, 0.1) is 5.92 Å². The molecule has 1 unspecified atom stereocenters. The Bertz CT molecular complexity index is 432. The zero-order chi connectivity index (χ0) is 13.0. The van der Waals surface area contributed by atoms with Crippen molar-refractivity contribution >= 4 is 27.8 Å². The molecular formula is C12H14BrNO3. The lowest BCUT2D eigenvalue weighted by Crippen LogP contribution is -2.44. The van der Waals surface area contributed by atoms with Gasteiger partial charge in [0, 0.05) is 4.47 Å². The van der Waals surface area contributed by atoms with E-state index in [1.165, 1.54) is 0 Å². The Morgan fingerprint density at radius 2 is 1.88 bits per heavy atom. The molecule has 0 spiro atoms. The first-order chi connectivity index (χ1) is 7.93.